The fraction of sp³-hybridized carbons (Fsp3) is 0.542. The first-order valence-corrected chi connectivity index (χ1v) is 11.3. The molecule has 178 valence electrons. The summed E-state index contributed by atoms with van der Waals surface area (Å²) in [6.07, 6.45) is 3.56. The van der Waals surface area contributed by atoms with Gasteiger partial charge in [-0.15, -0.1) is 0 Å². The van der Waals surface area contributed by atoms with Crippen molar-refractivity contribution >= 4 is 29.5 Å². The zero-order chi connectivity index (χ0) is 24.2. The lowest BCUT2D eigenvalue weighted by Gasteiger charge is -2.27. The third-order valence-corrected chi connectivity index (χ3v) is 5.60. The van der Waals surface area contributed by atoms with E-state index >= 15 is 0 Å². The maximum atomic E-state index is 12.9. The molecular formula is C24H31N3O6. The van der Waals surface area contributed by atoms with E-state index in [1.807, 2.05) is 26.8 Å². The van der Waals surface area contributed by atoms with Gasteiger partial charge in [0.05, 0.1) is 16.7 Å². The van der Waals surface area contributed by atoms with E-state index in [1.165, 1.54) is 0 Å². The summed E-state index contributed by atoms with van der Waals surface area (Å²) in [7, 11) is 0. The molecule has 9 heteroatoms. The molecule has 0 saturated carbocycles. The van der Waals surface area contributed by atoms with Crippen LogP contribution in [0.3, 0.4) is 0 Å². The number of hydrogen-bond acceptors (Lipinski definition) is 6. The smallest absolute Gasteiger partial charge is 0.262 e. The highest BCUT2D eigenvalue weighted by Gasteiger charge is 2.44. The van der Waals surface area contributed by atoms with Gasteiger partial charge in [0.1, 0.15) is 12.6 Å². The second-order valence-electron chi connectivity index (χ2n) is 9.39. The number of fused-ring (bicyclic) bond motifs is 1. The van der Waals surface area contributed by atoms with Gasteiger partial charge in [0.25, 0.3) is 11.8 Å². The topological polar surface area (TPSA) is 122 Å². The van der Waals surface area contributed by atoms with Crippen LogP contribution in [-0.2, 0) is 25.5 Å². The minimum atomic E-state index is -0.956. The number of nitrogens with zero attached hydrogens (tertiary/aromatic N) is 1. The molecule has 1 saturated heterocycles. The molecule has 2 heterocycles. The van der Waals surface area contributed by atoms with Crippen molar-refractivity contribution in [2.24, 2.45) is 0 Å². The lowest BCUT2D eigenvalue weighted by atomic mass is 10.0. The number of carbonyl (C=O) groups excluding carboxylic acids is 5. The first kappa shape index (κ1) is 24.6. The molecule has 1 atom stereocenters. The molecule has 1 fully saturated rings. The van der Waals surface area contributed by atoms with E-state index in [9.17, 15) is 24.0 Å². The van der Waals surface area contributed by atoms with Crippen molar-refractivity contribution < 1.29 is 28.7 Å². The molecule has 33 heavy (non-hydrogen) atoms. The fourth-order valence-electron chi connectivity index (χ4n) is 3.87. The number of rotatable bonds is 9. The van der Waals surface area contributed by atoms with Crippen LogP contribution in [0.15, 0.2) is 18.2 Å². The van der Waals surface area contributed by atoms with Crippen molar-refractivity contribution in [2.75, 3.05) is 13.2 Å². The minimum Gasteiger partial charge on any atom is -0.366 e. The molecular weight excluding hydrogens is 426 g/mol. The monoisotopic (exact) mass is 457 g/mol. The molecule has 0 aliphatic carbocycles. The Bertz CT molecular complexity index is 965. The summed E-state index contributed by atoms with van der Waals surface area (Å²) in [5.74, 6) is -2.13. The quantitative estimate of drug-likeness (QED) is 0.430. The zero-order valence-corrected chi connectivity index (χ0v) is 19.4. The van der Waals surface area contributed by atoms with Crippen molar-refractivity contribution in [3.05, 3.63) is 34.9 Å². The van der Waals surface area contributed by atoms with Gasteiger partial charge in [-0.2, -0.15) is 0 Å². The highest BCUT2D eigenvalue weighted by molar-refractivity contribution is 6.23. The molecule has 1 aromatic rings. The Kier molecular flexibility index (Phi) is 7.63. The lowest BCUT2D eigenvalue weighted by Crippen LogP contribution is -2.54. The van der Waals surface area contributed by atoms with Gasteiger partial charge < -0.3 is 10.1 Å². The Balaban J connectivity index is 1.46. The molecule has 1 unspecified atom stereocenters. The molecule has 3 rings (SSSR count). The highest BCUT2D eigenvalue weighted by Crippen LogP contribution is 2.28. The molecule has 1 aromatic carbocycles. The van der Waals surface area contributed by atoms with Gasteiger partial charge in [-0.3, -0.25) is 34.2 Å². The molecule has 2 N–H and O–H groups in total. The first-order valence-electron chi connectivity index (χ1n) is 11.3. The van der Waals surface area contributed by atoms with Gasteiger partial charge in [-0.25, -0.2) is 0 Å². The fourth-order valence-corrected chi connectivity index (χ4v) is 3.87. The summed E-state index contributed by atoms with van der Waals surface area (Å²) in [5.41, 5.74) is 1.17. The summed E-state index contributed by atoms with van der Waals surface area (Å²) in [4.78, 5) is 61.8. The average molecular weight is 458 g/mol. The first-order chi connectivity index (χ1) is 15.6. The van der Waals surface area contributed by atoms with Crippen molar-refractivity contribution in [1.29, 1.82) is 0 Å². The molecule has 0 bridgehead atoms. The summed E-state index contributed by atoms with van der Waals surface area (Å²) < 4.78 is 5.43. The lowest BCUT2D eigenvalue weighted by molar-refractivity contribution is -0.136. The largest absolute Gasteiger partial charge is 0.366 e. The van der Waals surface area contributed by atoms with Crippen molar-refractivity contribution in [1.82, 2.24) is 15.5 Å². The number of benzene rings is 1. The maximum absolute atomic E-state index is 12.9. The molecule has 9 nitrogen and oxygen atoms in total. The average Bonchev–Trinajstić information content (AvgIpc) is 2.99. The van der Waals surface area contributed by atoms with Crippen LogP contribution in [-0.4, -0.2) is 59.2 Å². The number of unbranched alkanes of at least 4 members (excludes halogenated alkanes) is 2. The van der Waals surface area contributed by atoms with Gasteiger partial charge in [0.2, 0.25) is 17.7 Å². The Labute approximate surface area is 193 Å². The van der Waals surface area contributed by atoms with Crippen LogP contribution in [0, 0.1) is 0 Å². The van der Waals surface area contributed by atoms with Gasteiger partial charge >= 0.3 is 0 Å². The van der Waals surface area contributed by atoms with Crippen LogP contribution in [0.25, 0.3) is 0 Å². The normalized spacial score (nSPS) is 18.4. The Hall–Kier alpha value is -3.07. The molecule has 0 spiro atoms. The standard InChI is InChI=1S/C24H31N3O6/c1-24(2,3)33-14-20(29)25-12-6-4-5-7-15-8-9-16-17(13-15)23(32)27(22(16)31)18-10-11-19(28)26-21(18)30/h8-9,13,18H,4-7,10-12,14H2,1-3H3,(H,25,29)(H,26,28,30). The second-order valence-corrected chi connectivity index (χ2v) is 9.39. The van der Waals surface area contributed by atoms with E-state index in [-0.39, 0.29) is 36.5 Å². The summed E-state index contributed by atoms with van der Waals surface area (Å²) in [6, 6.07) is 4.21. The summed E-state index contributed by atoms with van der Waals surface area (Å²) in [6.45, 7) is 6.31. The van der Waals surface area contributed by atoms with Crippen molar-refractivity contribution in [3.63, 3.8) is 0 Å². The number of piperidine rings is 1. The molecule has 5 amide bonds. The number of nitrogens with one attached hydrogen (secondary N) is 2. The van der Waals surface area contributed by atoms with Gasteiger partial charge in [-0.05, 0) is 64.2 Å². The third-order valence-electron chi connectivity index (χ3n) is 5.60. The number of carbonyl (C=O) groups is 5. The van der Waals surface area contributed by atoms with Crippen LogP contribution >= 0.6 is 0 Å². The highest BCUT2D eigenvalue weighted by atomic mass is 16.5. The van der Waals surface area contributed by atoms with Crippen LogP contribution < -0.4 is 10.6 Å². The SMILES string of the molecule is CC(C)(C)OCC(=O)NCCCCCc1ccc2c(c1)C(=O)N(C1CCC(=O)NC1=O)C2=O. The third kappa shape index (κ3) is 6.25. The molecule has 0 aromatic heterocycles. The van der Waals surface area contributed by atoms with Gasteiger partial charge in [-0.1, -0.05) is 12.5 Å². The Morgan fingerprint density at radius 2 is 1.82 bits per heavy atom. The maximum Gasteiger partial charge on any atom is 0.262 e. The Morgan fingerprint density at radius 3 is 2.52 bits per heavy atom. The second kappa shape index (κ2) is 10.2. The van der Waals surface area contributed by atoms with Crippen LogP contribution in [0.5, 0.6) is 0 Å². The number of hydrogen-bond donors (Lipinski definition) is 2. The van der Waals surface area contributed by atoms with Gasteiger partial charge in [0, 0.05) is 13.0 Å². The molecule has 2 aliphatic rings. The molecule has 2 aliphatic heterocycles. The van der Waals surface area contributed by atoms with E-state index in [0.29, 0.717) is 12.1 Å². The predicted molar refractivity (Wildman–Crippen MR) is 119 cm³/mol. The number of imide groups is 2. The van der Waals surface area contributed by atoms with E-state index in [1.54, 1.807) is 12.1 Å². The predicted octanol–water partition coefficient (Wildman–Crippen LogP) is 1.73. The van der Waals surface area contributed by atoms with E-state index < -0.39 is 29.7 Å². The van der Waals surface area contributed by atoms with Crippen molar-refractivity contribution in [3.8, 4) is 0 Å². The Morgan fingerprint density at radius 1 is 1.09 bits per heavy atom. The van der Waals surface area contributed by atoms with Crippen molar-refractivity contribution in [2.45, 2.75) is 70.9 Å². The zero-order valence-electron chi connectivity index (χ0n) is 19.4. The van der Waals surface area contributed by atoms with Crippen LogP contribution in [0.2, 0.25) is 0 Å². The van der Waals surface area contributed by atoms with Crippen LogP contribution in [0.4, 0.5) is 0 Å². The molecule has 0 radical (unpaired) electrons. The number of ether oxygens (including phenoxy) is 1. The number of aryl methyl sites for hydroxylation is 1. The summed E-state index contributed by atoms with van der Waals surface area (Å²) in [5, 5.41) is 5.03. The van der Waals surface area contributed by atoms with E-state index in [4.69, 9.17) is 4.74 Å². The van der Waals surface area contributed by atoms with Gasteiger partial charge in [0.15, 0.2) is 0 Å². The number of amides is 5. The van der Waals surface area contributed by atoms with Crippen LogP contribution in [0.1, 0.15) is 79.2 Å². The van der Waals surface area contributed by atoms with E-state index in [2.05, 4.69) is 10.6 Å². The van der Waals surface area contributed by atoms with E-state index in [0.717, 1.165) is 36.1 Å². The minimum absolute atomic E-state index is 0.0429. The summed E-state index contributed by atoms with van der Waals surface area (Å²) >= 11 is 0.